The SMILES string of the molecule is CCCCOC(=C(Br)Br)c1ccccc1. The monoisotopic (exact) mass is 332 g/mol. The topological polar surface area (TPSA) is 9.23 Å². The summed E-state index contributed by atoms with van der Waals surface area (Å²) >= 11 is 6.80. The normalized spacial score (nSPS) is 9.80. The third-order valence-corrected chi connectivity index (χ3v) is 2.67. The van der Waals surface area contributed by atoms with Crippen LogP contribution in [0.15, 0.2) is 33.7 Å². The van der Waals surface area contributed by atoms with Crippen molar-refractivity contribution in [3.05, 3.63) is 39.3 Å². The summed E-state index contributed by atoms with van der Waals surface area (Å²) in [6.07, 6.45) is 2.21. The second-order valence-electron chi connectivity index (χ2n) is 3.16. The zero-order valence-electron chi connectivity index (χ0n) is 8.67. The van der Waals surface area contributed by atoms with Gasteiger partial charge in [0.1, 0.15) is 9.15 Å². The van der Waals surface area contributed by atoms with Gasteiger partial charge in [-0.25, -0.2) is 0 Å². The minimum absolute atomic E-state index is 0.751. The highest BCUT2D eigenvalue weighted by Crippen LogP contribution is 2.28. The van der Waals surface area contributed by atoms with E-state index in [0.29, 0.717) is 0 Å². The van der Waals surface area contributed by atoms with Crippen molar-refractivity contribution >= 4 is 37.6 Å². The summed E-state index contributed by atoms with van der Waals surface area (Å²) in [7, 11) is 0. The van der Waals surface area contributed by atoms with Crippen LogP contribution >= 0.6 is 31.9 Å². The van der Waals surface area contributed by atoms with Crippen LogP contribution in [0.3, 0.4) is 0 Å². The largest absolute Gasteiger partial charge is 0.491 e. The highest BCUT2D eigenvalue weighted by Gasteiger charge is 2.05. The van der Waals surface area contributed by atoms with E-state index in [-0.39, 0.29) is 0 Å². The number of ether oxygens (including phenoxy) is 1. The van der Waals surface area contributed by atoms with Gasteiger partial charge in [0.2, 0.25) is 0 Å². The third-order valence-electron chi connectivity index (χ3n) is 1.95. The van der Waals surface area contributed by atoms with Gasteiger partial charge in [0, 0.05) is 5.56 Å². The lowest BCUT2D eigenvalue weighted by molar-refractivity contribution is 0.270. The highest BCUT2D eigenvalue weighted by atomic mass is 79.9. The van der Waals surface area contributed by atoms with E-state index in [4.69, 9.17) is 4.74 Å². The number of rotatable bonds is 5. The Hall–Kier alpha value is -0.280. The van der Waals surface area contributed by atoms with E-state index in [2.05, 4.69) is 38.8 Å². The Morgan fingerprint density at radius 2 is 1.87 bits per heavy atom. The van der Waals surface area contributed by atoms with Crippen LogP contribution in [0.5, 0.6) is 0 Å². The van der Waals surface area contributed by atoms with Crippen LogP contribution in [0, 0.1) is 0 Å². The van der Waals surface area contributed by atoms with Crippen molar-refractivity contribution in [2.75, 3.05) is 6.61 Å². The molecule has 0 amide bonds. The molecule has 0 unspecified atom stereocenters. The lowest BCUT2D eigenvalue weighted by Crippen LogP contribution is -1.95. The summed E-state index contributed by atoms with van der Waals surface area (Å²) in [5.74, 6) is 0.865. The average molecular weight is 334 g/mol. The third kappa shape index (κ3) is 4.39. The van der Waals surface area contributed by atoms with E-state index >= 15 is 0 Å². The van der Waals surface area contributed by atoms with Gasteiger partial charge in [0.25, 0.3) is 0 Å². The Labute approximate surface area is 108 Å². The number of halogens is 2. The minimum Gasteiger partial charge on any atom is -0.491 e. The molecule has 0 heterocycles. The standard InChI is InChI=1S/C12H14Br2O/c1-2-3-9-15-11(12(13)14)10-7-5-4-6-8-10/h4-8H,2-3,9H2,1H3. The average Bonchev–Trinajstić information content (AvgIpc) is 2.25. The van der Waals surface area contributed by atoms with Crippen molar-refractivity contribution in [2.24, 2.45) is 0 Å². The van der Waals surface area contributed by atoms with Gasteiger partial charge < -0.3 is 4.74 Å². The molecule has 82 valence electrons. The number of hydrogen-bond donors (Lipinski definition) is 0. The molecule has 0 saturated carbocycles. The molecule has 0 spiro atoms. The summed E-state index contributed by atoms with van der Waals surface area (Å²) < 4.78 is 6.57. The molecule has 0 saturated heterocycles. The highest BCUT2D eigenvalue weighted by molar-refractivity contribution is 9.28. The van der Waals surface area contributed by atoms with Crippen LogP contribution in [0.4, 0.5) is 0 Å². The molecule has 15 heavy (non-hydrogen) atoms. The predicted molar refractivity (Wildman–Crippen MR) is 72.1 cm³/mol. The zero-order valence-corrected chi connectivity index (χ0v) is 11.8. The van der Waals surface area contributed by atoms with Gasteiger partial charge in [0.15, 0.2) is 0 Å². The van der Waals surface area contributed by atoms with Crippen LogP contribution in [0.25, 0.3) is 5.76 Å². The van der Waals surface area contributed by atoms with Gasteiger partial charge in [-0.2, -0.15) is 0 Å². The van der Waals surface area contributed by atoms with Crippen molar-refractivity contribution in [3.8, 4) is 0 Å². The van der Waals surface area contributed by atoms with Crippen LogP contribution in [-0.2, 0) is 4.74 Å². The Balaban J connectivity index is 2.73. The van der Waals surface area contributed by atoms with Crippen molar-refractivity contribution in [3.63, 3.8) is 0 Å². The quantitative estimate of drug-likeness (QED) is 0.549. The van der Waals surface area contributed by atoms with Crippen LogP contribution < -0.4 is 0 Å². The predicted octanol–water partition coefficient (Wildman–Crippen LogP) is 4.92. The van der Waals surface area contributed by atoms with Crippen LogP contribution in [0.1, 0.15) is 25.3 Å². The molecular formula is C12H14Br2O. The molecule has 0 bridgehead atoms. The van der Waals surface area contributed by atoms with Gasteiger partial charge in [0.05, 0.1) is 6.61 Å². The maximum Gasteiger partial charge on any atom is 0.147 e. The minimum atomic E-state index is 0.751. The molecule has 1 nitrogen and oxygen atoms in total. The second kappa shape index (κ2) is 7.07. The molecule has 0 atom stereocenters. The van der Waals surface area contributed by atoms with Crippen molar-refractivity contribution < 1.29 is 4.74 Å². The van der Waals surface area contributed by atoms with Crippen LogP contribution in [-0.4, -0.2) is 6.61 Å². The summed E-state index contributed by atoms with van der Waals surface area (Å²) in [5, 5.41) is 0. The Kier molecular flexibility index (Phi) is 6.03. The van der Waals surface area contributed by atoms with Crippen molar-refractivity contribution in [2.45, 2.75) is 19.8 Å². The second-order valence-corrected chi connectivity index (χ2v) is 5.81. The first kappa shape index (κ1) is 12.8. The van der Waals surface area contributed by atoms with Crippen molar-refractivity contribution in [1.29, 1.82) is 0 Å². The van der Waals surface area contributed by atoms with E-state index in [1.54, 1.807) is 0 Å². The van der Waals surface area contributed by atoms with E-state index in [9.17, 15) is 0 Å². The maximum absolute atomic E-state index is 5.72. The lowest BCUT2D eigenvalue weighted by Gasteiger charge is -2.10. The summed E-state index contributed by atoms with van der Waals surface area (Å²) in [6.45, 7) is 2.90. The molecule has 0 aliphatic rings. The summed E-state index contributed by atoms with van der Waals surface area (Å²) in [5.41, 5.74) is 1.08. The molecule has 0 N–H and O–H groups in total. The Morgan fingerprint density at radius 3 is 2.40 bits per heavy atom. The van der Waals surface area contributed by atoms with E-state index in [1.807, 2.05) is 30.3 Å². The van der Waals surface area contributed by atoms with E-state index < -0.39 is 0 Å². The molecule has 0 radical (unpaired) electrons. The molecule has 0 aromatic heterocycles. The maximum atomic E-state index is 5.72. The van der Waals surface area contributed by atoms with Gasteiger partial charge in [-0.3, -0.25) is 0 Å². The number of unbranched alkanes of at least 4 members (excludes halogenated alkanes) is 1. The first-order valence-corrected chi connectivity index (χ1v) is 6.57. The Bertz CT molecular complexity index is 316. The van der Waals surface area contributed by atoms with E-state index in [1.165, 1.54) is 0 Å². The molecular weight excluding hydrogens is 320 g/mol. The van der Waals surface area contributed by atoms with Crippen LogP contribution in [0.2, 0.25) is 0 Å². The fraction of sp³-hybridized carbons (Fsp3) is 0.333. The fourth-order valence-electron chi connectivity index (χ4n) is 1.16. The fourth-order valence-corrected chi connectivity index (χ4v) is 1.84. The molecule has 1 aromatic rings. The summed E-state index contributed by atoms with van der Waals surface area (Å²) in [4.78, 5) is 0. The van der Waals surface area contributed by atoms with Gasteiger partial charge in [-0.15, -0.1) is 0 Å². The molecule has 3 heteroatoms. The molecule has 0 fully saturated rings. The molecule has 1 rings (SSSR count). The zero-order chi connectivity index (χ0) is 11.1. The van der Waals surface area contributed by atoms with E-state index in [0.717, 1.165) is 34.2 Å². The number of benzene rings is 1. The summed E-state index contributed by atoms with van der Waals surface area (Å²) in [6, 6.07) is 10.1. The smallest absolute Gasteiger partial charge is 0.147 e. The first-order chi connectivity index (χ1) is 7.25. The molecule has 1 aromatic carbocycles. The lowest BCUT2D eigenvalue weighted by atomic mass is 10.2. The molecule has 0 aliphatic carbocycles. The number of hydrogen-bond acceptors (Lipinski definition) is 1. The molecule has 0 aliphatic heterocycles. The Morgan fingerprint density at radius 1 is 1.20 bits per heavy atom. The van der Waals surface area contributed by atoms with Gasteiger partial charge in [-0.05, 0) is 38.3 Å². The van der Waals surface area contributed by atoms with Crippen molar-refractivity contribution in [1.82, 2.24) is 0 Å². The van der Waals surface area contributed by atoms with Gasteiger partial charge >= 0.3 is 0 Å². The van der Waals surface area contributed by atoms with Gasteiger partial charge in [-0.1, -0.05) is 43.7 Å². The first-order valence-electron chi connectivity index (χ1n) is 4.99.